The van der Waals surface area contributed by atoms with Crippen LogP contribution in [-0.2, 0) is 4.79 Å². The van der Waals surface area contributed by atoms with Crippen molar-refractivity contribution in [2.75, 3.05) is 0 Å². The molecule has 0 aliphatic carbocycles. The van der Waals surface area contributed by atoms with E-state index in [0.717, 1.165) is 0 Å². The van der Waals surface area contributed by atoms with Crippen LogP contribution >= 0.6 is 0 Å². The number of hydrogen-bond donors (Lipinski definition) is 0. The molecule has 0 radical (unpaired) electrons. The highest BCUT2D eigenvalue weighted by Crippen LogP contribution is 1.66. The van der Waals surface area contributed by atoms with E-state index in [-0.39, 0.29) is 7.43 Å². The summed E-state index contributed by atoms with van der Waals surface area (Å²) in [6.45, 7) is 0. The van der Waals surface area contributed by atoms with Gasteiger partial charge in [-0.05, 0) is 6.08 Å². The second-order valence-electron chi connectivity index (χ2n) is 0.850. The molecule has 0 saturated carbocycles. The number of rotatable bonds is 2. The predicted octanol–water partition coefficient (Wildman–Crippen LogP) is 0.252. The lowest BCUT2D eigenvalue weighted by atomic mass is 10.5. The Bertz CT molecular complexity index is 92.7. The number of hydrogen-bond acceptors (Lipinski definition) is 2. The monoisotopic (exact) mass is 113 g/mol. The van der Waals surface area contributed by atoms with Crippen LogP contribution in [0.25, 0.3) is 0 Å². The van der Waals surface area contributed by atoms with E-state index in [1.54, 1.807) is 0 Å². The average Bonchev–Trinajstić information content (AvgIpc) is 1.69. The van der Waals surface area contributed by atoms with Gasteiger partial charge in [-0.15, -0.1) is 6.26 Å². The van der Waals surface area contributed by atoms with Crippen LogP contribution in [-0.4, -0.2) is 6.29 Å². The highest BCUT2D eigenvalue weighted by atomic mass is 16.2. The van der Waals surface area contributed by atoms with Crippen LogP contribution < -0.4 is 5.11 Å². The van der Waals surface area contributed by atoms with Crippen molar-refractivity contribution in [3.8, 4) is 0 Å². The Morgan fingerprint density at radius 2 is 1.75 bits per heavy atom. The van der Waals surface area contributed by atoms with Crippen LogP contribution in [0.5, 0.6) is 0 Å². The third-order valence-corrected chi connectivity index (χ3v) is 0.379. The average molecular weight is 113 g/mol. The van der Waals surface area contributed by atoms with Crippen molar-refractivity contribution >= 4 is 6.29 Å². The molecule has 0 aromatic heterocycles. The molecular weight excluding hydrogens is 104 g/mol. The molecule has 0 rings (SSSR count). The van der Waals surface area contributed by atoms with Gasteiger partial charge in [-0.3, -0.25) is 4.79 Å². The summed E-state index contributed by atoms with van der Waals surface area (Å²) in [6, 6.07) is 0. The molecule has 0 aromatic rings. The molecule has 0 atom stereocenters. The Balaban J connectivity index is 0. The largest absolute Gasteiger partial charge is 0.878 e. The maximum Gasteiger partial charge on any atom is 0.142 e. The molecule has 0 fully saturated rings. The Labute approximate surface area is 49.1 Å². The lowest BCUT2D eigenvalue weighted by Gasteiger charge is -1.79. The fourth-order valence-electron chi connectivity index (χ4n) is 0.155. The molecule has 2 heteroatoms. The third kappa shape index (κ3) is 8.87. The minimum absolute atomic E-state index is 0. The summed E-state index contributed by atoms with van der Waals surface area (Å²) < 4.78 is 0. The van der Waals surface area contributed by atoms with E-state index in [0.29, 0.717) is 12.5 Å². The van der Waals surface area contributed by atoms with E-state index >= 15 is 0 Å². The third-order valence-electron chi connectivity index (χ3n) is 0.379. The number of carbonyl (C=O) groups is 1. The van der Waals surface area contributed by atoms with Crippen LogP contribution in [0.4, 0.5) is 0 Å². The van der Waals surface area contributed by atoms with E-state index in [2.05, 4.69) is 0 Å². The summed E-state index contributed by atoms with van der Waals surface area (Å²) >= 11 is 0. The van der Waals surface area contributed by atoms with Gasteiger partial charge >= 0.3 is 0 Å². The topological polar surface area (TPSA) is 40.1 Å². The zero-order chi connectivity index (χ0) is 5.54. The van der Waals surface area contributed by atoms with Crippen molar-refractivity contribution < 1.29 is 9.90 Å². The maximum atomic E-state index is 9.46. The van der Waals surface area contributed by atoms with Gasteiger partial charge in [-0.25, -0.2) is 0 Å². The summed E-state index contributed by atoms with van der Waals surface area (Å²) in [6.07, 6.45) is 5.09. The molecule has 0 heterocycles. The fraction of sp³-hybridized carbons (Fsp3) is 0.167. The first kappa shape index (κ1) is 10.0. The molecule has 2 nitrogen and oxygen atoms in total. The standard InChI is InChI=1S/C5H6O2.CH4/c6-4-2-1-3-5-7;/h1-6H;1H4/p-1/b3-1?,4-2-;. The van der Waals surface area contributed by atoms with Crippen molar-refractivity contribution in [3.05, 3.63) is 24.5 Å². The lowest BCUT2D eigenvalue weighted by Crippen LogP contribution is -1.82. The second-order valence-corrected chi connectivity index (χ2v) is 0.850. The first-order chi connectivity index (χ1) is 3.41. The fourth-order valence-corrected chi connectivity index (χ4v) is 0.155. The van der Waals surface area contributed by atoms with Crippen molar-refractivity contribution in [3.63, 3.8) is 0 Å². The summed E-state index contributed by atoms with van der Waals surface area (Å²) in [7, 11) is 0. The number of allylic oxidation sites excluding steroid dienone is 3. The molecule has 0 unspecified atom stereocenters. The van der Waals surface area contributed by atoms with Gasteiger partial charge in [-0.1, -0.05) is 19.6 Å². The van der Waals surface area contributed by atoms with Gasteiger partial charge in [0.2, 0.25) is 0 Å². The highest BCUT2D eigenvalue weighted by Gasteiger charge is 1.53. The lowest BCUT2D eigenvalue weighted by molar-refractivity contribution is -0.274. The van der Waals surface area contributed by atoms with Gasteiger partial charge < -0.3 is 5.11 Å². The zero-order valence-corrected chi connectivity index (χ0v) is 3.70. The quantitative estimate of drug-likeness (QED) is 0.223. The first-order valence-corrected chi connectivity index (χ1v) is 1.80. The molecule has 0 N–H and O–H groups in total. The van der Waals surface area contributed by atoms with Gasteiger partial charge in [0.25, 0.3) is 0 Å². The van der Waals surface area contributed by atoms with E-state index in [1.807, 2.05) is 0 Å². The summed E-state index contributed by atoms with van der Waals surface area (Å²) in [5.41, 5.74) is 0. The maximum absolute atomic E-state index is 9.46. The van der Waals surface area contributed by atoms with Crippen LogP contribution in [0.15, 0.2) is 24.5 Å². The van der Waals surface area contributed by atoms with Crippen molar-refractivity contribution in [2.45, 2.75) is 7.43 Å². The van der Waals surface area contributed by atoms with E-state index in [9.17, 15) is 9.90 Å². The zero-order valence-electron chi connectivity index (χ0n) is 3.70. The Kier molecular flexibility index (Phi) is 11.7. The summed E-state index contributed by atoms with van der Waals surface area (Å²) in [5, 5.41) is 9.46. The van der Waals surface area contributed by atoms with Crippen molar-refractivity contribution in [2.24, 2.45) is 0 Å². The van der Waals surface area contributed by atoms with Crippen LogP contribution in [0.1, 0.15) is 7.43 Å². The van der Waals surface area contributed by atoms with Crippen LogP contribution in [0, 0.1) is 0 Å². The molecular formula is C6H9O2-. The summed E-state index contributed by atoms with van der Waals surface area (Å²) in [4.78, 5) is 9.46. The normalized spacial score (nSPS) is 9.50. The van der Waals surface area contributed by atoms with Gasteiger partial charge in [0, 0.05) is 0 Å². The van der Waals surface area contributed by atoms with E-state index < -0.39 is 0 Å². The molecule has 46 valence electrons. The molecule has 0 aliphatic heterocycles. The van der Waals surface area contributed by atoms with Gasteiger partial charge in [-0.2, -0.15) is 0 Å². The number of aldehydes is 1. The van der Waals surface area contributed by atoms with Crippen LogP contribution in [0.2, 0.25) is 0 Å². The summed E-state index contributed by atoms with van der Waals surface area (Å²) in [5.74, 6) is 0. The molecule has 8 heavy (non-hydrogen) atoms. The minimum atomic E-state index is 0. The number of carbonyl (C=O) groups excluding carboxylic acids is 1. The van der Waals surface area contributed by atoms with Gasteiger partial charge in [0.05, 0.1) is 0 Å². The molecule has 0 amide bonds. The van der Waals surface area contributed by atoms with E-state index in [4.69, 9.17) is 0 Å². The van der Waals surface area contributed by atoms with Gasteiger partial charge in [0.1, 0.15) is 6.29 Å². The highest BCUT2D eigenvalue weighted by molar-refractivity contribution is 5.65. The Hall–Kier alpha value is -1.05. The minimum Gasteiger partial charge on any atom is -0.878 e. The van der Waals surface area contributed by atoms with Crippen LogP contribution in [0.3, 0.4) is 0 Å². The molecule has 0 aromatic carbocycles. The smallest absolute Gasteiger partial charge is 0.142 e. The van der Waals surface area contributed by atoms with Gasteiger partial charge in [0.15, 0.2) is 0 Å². The predicted molar refractivity (Wildman–Crippen MR) is 31.1 cm³/mol. The second kappa shape index (κ2) is 9.34. The van der Waals surface area contributed by atoms with E-state index in [1.165, 1.54) is 18.2 Å². The van der Waals surface area contributed by atoms with Crippen molar-refractivity contribution in [1.82, 2.24) is 0 Å². The first-order valence-electron chi connectivity index (χ1n) is 1.80. The molecule has 0 spiro atoms. The molecule has 0 bridgehead atoms. The SMILES string of the molecule is C.O=CC=C/C=C\[O-]. The molecule has 0 aliphatic rings. The van der Waals surface area contributed by atoms with Crippen molar-refractivity contribution in [1.29, 1.82) is 0 Å². The molecule has 0 saturated heterocycles. The Morgan fingerprint density at radius 1 is 1.12 bits per heavy atom. The Morgan fingerprint density at radius 3 is 2.12 bits per heavy atom.